The topological polar surface area (TPSA) is 68.3 Å². The molecule has 0 atom stereocenters. The lowest BCUT2D eigenvalue weighted by Gasteiger charge is -2.11. The summed E-state index contributed by atoms with van der Waals surface area (Å²) in [6, 6.07) is 5.56. The minimum absolute atomic E-state index is 0.659. The molecule has 1 aromatic heterocycles. The van der Waals surface area contributed by atoms with E-state index in [9.17, 15) is 0 Å². The van der Waals surface area contributed by atoms with Gasteiger partial charge in [-0.05, 0) is 6.42 Å². The van der Waals surface area contributed by atoms with Gasteiger partial charge in [0.1, 0.15) is 17.3 Å². The Morgan fingerprint density at radius 2 is 1.67 bits per heavy atom. The van der Waals surface area contributed by atoms with E-state index in [0.29, 0.717) is 17.3 Å². The fourth-order valence-electron chi connectivity index (χ4n) is 1.79. The van der Waals surface area contributed by atoms with E-state index in [-0.39, 0.29) is 0 Å². The molecule has 0 fully saturated rings. The number of hydrogen-bond acceptors (Lipinski definition) is 6. The number of aromatic nitrogens is 2. The van der Waals surface area contributed by atoms with E-state index in [2.05, 4.69) is 27.5 Å². The zero-order valence-electron chi connectivity index (χ0n) is 12.5. The van der Waals surface area contributed by atoms with Gasteiger partial charge in [-0.15, -0.1) is 0 Å². The smallest absolute Gasteiger partial charge is 0.151 e. The van der Waals surface area contributed by atoms with Gasteiger partial charge in [-0.2, -0.15) is 0 Å². The fourth-order valence-corrected chi connectivity index (χ4v) is 1.79. The Hall–Kier alpha value is -2.50. The van der Waals surface area contributed by atoms with E-state index in [4.69, 9.17) is 9.47 Å². The first kappa shape index (κ1) is 14.9. The molecule has 1 heterocycles. The van der Waals surface area contributed by atoms with E-state index in [1.807, 2.05) is 18.2 Å². The molecule has 0 spiro atoms. The third kappa shape index (κ3) is 4.24. The maximum absolute atomic E-state index is 5.24. The summed E-state index contributed by atoms with van der Waals surface area (Å²) in [5.74, 6) is 2.83. The molecular weight excluding hydrogens is 268 g/mol. The van der Waals surface area contributed by atoms with Crippen molar-refractivity contribution >= 4 is 17.3 Å². The molecule has 0 saturated carbocycles. The van der Waals surface area contributed by atoms with Gasteiger partial charge in [0.05, 0.1) is 26.6 Å². The maximum atomic E-state index is 5.24. The number of benzene rings is 1. The standard InChI is InChI=1S/C15H20N4O2/c1-4-5-17-14-9-16-10-15(19-14)18-11-6-12(20-2)8-13(7-11)21-3/h6-10H,4-5H2,1-3H3,(H2,17,18,19). The molecule has 1 aromatic carbocycles. The van der Waals surface area contributed by atoms with Crippen LogP contribution in [0.2, 0.25) is 0 Å². The molecular formula is C15H20N4O2. The molecule has 2 rings (SSSR count). The zero-order chi connectivity index (χ0) is 15.1. The zero-order valence-corrected chi connectivity index (χ0v) is 12.5. The number of ether oxygens (including phenoxy) is 2. The highest BCUT2D eigenvalue weighted by atomic mass is 16.5. The Morgan fingerprint density at radius 3 is 2.29 bits per heavy atom. The average Bonchev–Trinajstić information content (AvgIpc) is 2.52. The molecule has 0 saturated heterocycles. The third-order valence-corrected chi connectivity index (χ3v) is 2.81. The molecule has 0 aliphatic heterocycles. The van der Waals surface area contributed by atoms with Crippen LogP contribution in [0.4, 0.5) is 17.3 Å². The molecule has 0 unspecified atom stereocenters. The predicted molar refractivity (Wildman–Crippen MR) is 83.6 cm³/mol. The lowest BCUT2D eigenvalue weighted by atomic mass is 10.2. The quantitative estimate of drug-likeness (QED) is 0.816. The van der Waals surface area contributed by atoms with Gasteiger partial charge in [-0.25, -0.2) is 4.98 Å². The number of rotatable bonds is 7. The first-order valence-corrected chi connectivity index (χ1v) is 6.81. The summed E-state index contributed by atoms with van der Waals surface area (Å²) in [4.78, 5) is 8.62. The van der Waals surface area contributed by atoms with Crippen LogP contribution >= 0.6 is 0 Å². The fraction of sp³-hybridized carbons (Fsp3) is 0.333. The molecule has 0 aliphatic carbocycles. The first-order valence-electron chi connectivity index (χ1n) is 6.81. The molecule has 6 nitrogen and oxygen atoms in total. The van der Waals surface area contributed by atoms with Crippen LogP contribution in [0, 0.1) is 0 Å². The predicted octanol–water partition coefficient (Wildman–Crippen LogP) is 3.06. The van der Waals surface area contributed by atoms with Crippen LogP contribution in [0.25, 0.3) is 0 Å². The number of methoxy groups -OCH3 is 2. The summed E-state index contributed by atoms with van der Waals surface area (Å²) in [5, 5.41) is 6.40. The van der Waals surface area contributed by atoms with E-state index in [1.54, 1.807) is 26.6 Å². The van der Waals surface area contributed by atoms with Gasteiger partial charge in [0.2, 0.25) is 0 Å². The lowest BCUT2D eigenvalue weighted by Crippen LogP contribution is -2.04. The van der Waals surface area contributed by atoms with Crippen LogP contribution in [0.1, 0.15) is 13.3 Å². The average molecular weight is 288 g/mol. The monoisotopic (exact) mass is 288 g/mol. The number of anilines is 3. The molecule has 2 aromatic rings. The summed E-state index contributed by atoms with van der Waals surface area (Å²) in [7, 11) is 3.24. The highest BCUT2D eigenvalue weighted by Crippen LogP contribution is 2.27. The van der Waals surface area contributed by atoms with Crippen molar-refractivity contribution in [1.29, 1.82) is 0 Å². The summed E-state index contributed by atoms with van der Waals surface area (Å²) in [6.45, 7) is 2.97. The van der Waals surface area contributed by atoms with Crippen molar-refractivity contribution in [2.24, 2.45) is 0 Å². The molecule has 0 amide bonds. The Bertz CT molecular complexity index is 567. The minimum Gasteiger partial charge on any atom is -0.497 e. The summed E-state index contributed by atoms with van der Waals surface area (Å²) in [5.41, 5.74) is 0.827. The van der Waals surface area contributed by atoms with E-state index in [1.165, 1.54) is 0 Å². The summed E-state index contributed by atoms with van der Waals surface area (Å²) in [6.07, 6.45) is 4.41. The van der Waals surface area contributed by atoms with Gasteiger partial charge in [0, 0.05) is 30.4 Å². The Kier molecular flexibility index (Phi) is 5.20. The van der Waals surface area contributed by atoms with Crippen LogP contribution in [-0.2, 0) is 0 Å². The highest BCUT2D eigenvalue weighted by Gasteiger charge is 2.04. The minimum atomic E-state index is 0.659. The Balaban J connectivity index is 2.17. The molecule has 0 aliphatic rings. The third-order valence-electron chi connectivity index (χ3n) is 2.81. The van der Waals surface area contributed by atoms with Crippen molar-refractivity contribution in [3.05, 3.63) is 30.6 Å². The first-order chi connectivity index (χ1) is 10.2. The van der Waals surface area contributed by atoms with Gasteiger partial charge in [0.15, 0.2) is 5.82 Å². The van der Waals surface area contributed by atoms with Crippen molar-refractivity contribution in [3.8, 4) is 11.5 Å². The van der Waals surface area contributed by atoms with Gasteiger partial charge in [-0.3, -0.25) is 4.98 Å². The summed E-state index contributed by atoms with van der Waals surface area (Å²) >= 11 is 0. The molecule has 0 bridgehead atoms. The van der Waals surface area contributed by atoms with Crippen LogP contribution in [0.3, 0.4) is 0 Å². The van der Waals surface area contributed by atoms with Crippen molar-refractivity contribution in [3.63, 3.8) is 0 Å². The summed E-state index contributed by atoms with van der Waals surface area (Å²) < 4.78 is 10.5. The van der Waals surface area contributed by atoms with Gasteiger partial charge < -0.3 is 20.1 Å². The van der Waals surface area contributed by atoms with Crippen molar-refractivity contribution in [1.82, 2.24) is 9.97 Å². The molecule has 2 N–H and O–H groups in total. The SMILES string of the molecule is CCCNc1cncc(Nc2cc(OC)cc(OC)c2)n1. The molecule has 0 radical (unpaired) electrons. The van der Waals surface area contributed by atoms with Gasteiger partial charge in [0.25, 0.3) is 0 Å². The van der Waals surface area contributed by atoms with Crippen molar-refractivity contribution < 1.29 is 9.47 Å². The largest absolute Gasteiger partial charge is 0.497 e. The van der Waals surface area contributed by atoms with Crippen molar-refractivity contribution in [2.75, 3.05) is 31.4 Å². The second-order valence-electron chi connectivity index (χ2n) is 4.44. The molecule has 112 valence electrons. The lowest BCUT2D eigenvalue weighted by molar-refractivity contribution is 0.395. The van der Waals surface area contributed by atoms with Crippen LogP contribution in [0.5, 0.6) is 11.5 Å². The second-order valence-corrected chi connectivity index (χ2v) is 4.44. The van der Waals surface area contributed by atoms with E-state index >= 15 is 0 Å². The second kappa shape index (κ2) is 7.33. The van der Waals surface area contributed by atoms with Crippen LogP contribution in [0.15, 0.2) is 30.6 Å². The normalized spacial score (nSPS) is 10.0. The van der Waals surface area contributed by atoms with Gasteiger partial charge in [-0.1, -0.05) is 6.92 Å². The number of hydrogen-bond donors (Lipinski definition) is 2. The Labute approximate surface area is 124 Å². The maximum Gasteiger partial charge on any atom is 0.151 e. The number of nitrogens with zero attached hydrogens (tertiary/aromatic N) is 2. The van der Waals surface area contributed by atoms with Crippen LogP contribution in [-0.4, -0.2) is 30.7 Å². The molecule has 6 heteroatoms. The van der Waals surface area contributed by atoms with Crippen molar-refractivity contribution in [2.45, 2.75) is 13.3 Å². The van der Waals surface area contributed by atoms with E-state index in [0.717, 1.165) is 24.5 Å². The molecule has 21 heavy (non-hydrogen) atoms. The highest BCUT2D eigenvalue weighted by molar-refractivity contribution is 5.61. The Morgan fingerprint density at radius 1 is 1.00 bits per heavy atom. The van der Waals surface area contributed by atoms with E-state index < -0.39 is 0 Å². The van der Waals surface area contributed by atoms with Crippen LogP contribution < -0.4 is 20.1 Å². The number of nitrogens with one attached hydrogen (secondary N) is 2. The van der Waals surface area contributed by atoms with Gasteiger partial charge >= 0.3 is 0 Å².